The second-order valence-corrected chi connectivity index (χ2v) is 6.67. The molecule has 1 aromatic carbocycles. The SMILES string of the molecule is CC(=O)NNC(=O)CN[C@H](c1ccc(CC(C)C)cc1)C(C)C. The Morgan fingerprint density at radius 2 is 1.61 bits per heavy atom. The molecule has 0 unspecified atom stereocenters. The first-order chi connectivity index (χ1) is 10.8. The molecule has 0 aliphatic rings. The number of hydrogen-bond donors (Lipinski definition) is 3. The van der Waals surface area contributed by atoms with Crippen molar-refractivity contribution in [2.24, 2.45) is 11.8 Å². The Balaban J connectivity index is 2.64. The normalized spacial score (nSPS) is 12.3. The van der Waals surface area contributed by atoms with Gasteiger partial charge in [0, 0.05) is 13.0 Å². The van der Waals surface area contributed by atoms with Gasteiger partial charge in [-0.25, -0.2) is 0 Å². The van der Waals surface area contributed by atoms with Crippen LogP contribution in [0.1, 0.15) is 51.8 Å². The number of carbonyl (C=O) groups is 2. The molecule has 128 valence electrons. The molecule has 0 aliphatic heterocycles. The molecule has 0 aliphatic carbocycles. The van der Waals surface area contributed by atoms with Gasteiger partial charge in [-0.05, 0) is 29.4 Å². The molecule has 0 saturated carbocycles. The highest BCUT2D eigenvalue weighted by Crippen LogP contribution is 2.22. The fourth-order valence-electron chi connectivity index (χ4n) is 2.48. The molecule has 2 amide bonds. The van der Waals surface area contributed by atoms with Crippen LogP contribution in [0.25, 0.3) is 0 Å². The van der Waals surface area contributed by atoms with Crippen molar-refractivity contribution < 1.29 is 9.59 Å². The molecule has 0 spiro atoms. The third kappa shape index (κ3) is 7.28. The van der Waals surface area contributed by atoms with E-state index in [-0.39, 0.29) is 24.4 Å². The van der Waals surface area contributed by atoms with Crippen molar-refractivity contribution in [3.05, 3.63) is 35.4 Å². The van der Waals surface area contributed by atoms with E-state index in [1.54, 1.807) is 0 Å². The van der Waals surface area contributed by atoms with Crippen molar-refractivity contribution in [2.75, 3.05) is 6.54 Å². The smallest absolute Gasteiger partial charge is 0.252 e. The number of hydrogen-bond acceptors (Lipinski definition) is 3. The van der Waals surface area contributed by atoms with Crippen LogP contribution >= 0.6 is 0 Å². The molecule has 0 aromatic heterocycles. The summed E-state index contributed by atoms with van der Waals surface area (Å²) in [6, 6.07) is 8.65. The third-order valence-electron chi connectivity index (χ3n) is 3.51. The highest BCUT2D eigenvalue weighted by molar-refractivity contribution is 5.81. The summed E-state index contributed by atoms with van der Waals surface area (Å²) < 4.78 is 0. The number of carbonyl (C=O) groups excluding carboxylic acids is 2. The number of hydrazine groups is 1. The standard InChI is InChI=1S/C18H29N3O2/c1-12(2)10-15-6-8-16(9-7-15)18(13(3)4)19-11-17(23)21-20-14(5)22/h6-9,12-13,18-19H,10-11H2,1-5H3,(H,20,22)(H,21,23)/t18-/m0/s1. The molecular weight excluding hydrogens is 290 g/mol. The van der Waals surface area contributed by atoms with E-state index in [0.717, 1.165) is 6.42 Å². The topological polar surface area (TPSA) is 70.2 Å². The first-order valence-electron chi connectivity index (χ1n) is 8.17. The van der Waals surface area contributed by atoms with Gasteiger partial charge in [0.1, 0.15) is 0 Å². The molecule has 0 bridgehead atoms. The monoisotopic (exact) mass is 319 g/mol. The maximum Gasteiger partial charge on any atom is 0.252 e. The molecule has 0 radical (unpaired) electrons. The van der Waals surface area contributed by atoms with Gasteiger partial charge in [0.25, 0.3) is 5.91 Å². The lowest BCUT2D eigenvalue weighted by Gasteiger charge is -2.23. The van der Waals surface area contributed by atoms with Gasteiger partial charge in [0.2, 0.25) is 5.91 Å². The summed E-state index contributed by atoms with van der Waals surface area (Å²) in [7, 11) is 0. The minimum absolute atomic E-state index is 0.0891. The van der Waals surface area contributed by atoms with E-state index >= 15 is 0 Å². The molecule has 0 saturated heterocycles. The summed E-state index contributed by atoms with van der Waals surface area (Å²) in [5.74, 6) is 0.429. The highest BCUT2D eigenvalue weighted by Gasteiger charge is 2.16. The van der Waals surface area contributed by atoms with E-state index < -0.39 is 0 Å². The number of rotatable bonds is 7. The van der Waals surface area contributed by atoms with E-state index in [2.05, 4.69) is 68.1 Å². The number of benzene rings is 1. The van der Waals surface area contributed by atoms with Gasteiger partial charge in [0.05, 0.1) is 6.54 Å². The van der Waals surface area contributed by atoms with Crippen molar-refractivity contribution in [2.45, 2.75) is 47.1 Å². The molecule has 1 atom stereocenters. The lowest BCUT2D eigenvalue weighted by atomic mass is 9.94. The van der Waals surface area contributed by atoms with E-state index in [1.807, 2.05) is 0 Å². The Kier molecular flexibility index (Phi) is 7.75. The Bertz CT molecular complexity index is 510. The molecule has 0 heterocycles. The molecule has 0 fully saturated rings. The van der Waals surface area contributed by atoms with Gasteiger partial charge in [-0.3, -0.25) is 20.4 Å². The van der Waals surface area contributed by atoms with Gasteiger partial charge in [-0.1, -0.05) is 52.0 Å². The largest absolute Gasteiger partial charge is 0.301 e. The fraction of sp³-hybridized carbons (Fsp3) is 0.556. The Labute approximate surface area is 139 Å². The lowest BCUT2D eigenvalue weighted by Crippen LogP contribution is -2.45. The zero-order valence-corrected chi connectivity index (χ0v) is 14.8. The third-order valence-corrected chi connectivity index (χ3v) is 3.51. The van der Waals surface area contributed by atoms with Crippen LogP contribution in [-0.2, 0) is 16.0 Å². The summed E-state index contributed by atoms with van der Waals surface area (Å²) in [4.78, 5) is 22.5. The van der Waals surface area contributed by atoms with E-state index in [0.29, 0.717) is 11.8 Å². The van der Waals surface area contributed by atoms with Crippen molar-refractivity contribution >= 4 is 11.8 Å². The van der Waals surface area contributed by atoms with Crippen molar-refractivity contribution in [3.63, 3.8) is 0 Å². The number of nitrogens with one attached hydrogen (secondary N) is 3. The van der Waals surface area contributed by atoms with Crippen LogP contribution in [-0.4, -0.2) is 18.4 Å². The van der Waals surface area contributed by atoms with Crippen LogP contribution in [0.5, 0.6) is 0 Å². The first-order valence-corrected chi connectivity index (χ1v) is 8.17. The van der Waals surface area contributed by atoms with Gasteiger partial charge in [0.15, 0.2) is 0 Å². The summed E-state index contributed by atoms with van der Waals surface area (Å²) in [6.07, 6.45) is 1.07. The van der Waals surface area contributed by atoms with E-state index in [9.17, 15) is 9.59 Å². The average Bonchev–Trinajstić information content (AvgIpc) is 2.46. The summed E-state index contributed by atoms with van der Waals surface area (Å²) in [5.41, 5.74) is 7.14. The van der Waals surface area contributed by atoms with Gasteiger partial charge in [-0.15, -0.1) is 0 Å². The quantitative estimate of drug-likeness (QED) is 0.676. The minimum atomic E-state index is -0.292. The Morgan fingerprint density at radius 3 is 2.09 bits per heavy atom. The Hall–Kier alpha value is -1.88. The maximum absolute atomic E-state index is 11.7. The zero-order chi connectivity index (χ0) is 17.4. The van der Waals surface area contributed by atoms with Gasteiger partial charge < -0.3 is 5.32 Å². The maximum atomic E-state index is 11.7. The zero-order valence-electron chi connectivity index (χ0n) is 14.8. The van der Waals surface area contributed by atoms with Crippen LogP contribution in [0.2, 0.25) is 0 Å². The predicted molar refractivity (Wildman–Crippen MR) is 92.5 cm³/mol. The van der Waals surface area contributed by atoms with Crippen LogP contribution in [0.3, 0.4) is 0 Å². The average molecular weight is 319 g/mol. The molecular formula is C18H29N3O2. The molecule has 3 N–H and O–H groups in total. The molecule has 23 heavy (non-hydrogen) atoms. The van der Waals surface area contributed by atoms with E-state index in [1.165, 1.54) is 18.1 Å². The first kappa shape index (κ1) is 19.2. The summed E-state index contributed by atoms with van der Waals surface area (Å²) in [5, 5.41) is 3.26. The summed E-state index contributed by atoms with van der Waals surface area (Å²) in [6.45, 7) is 10.2. The lowest BCUT2D eigenvalue weighted by molar-refractivity contribution is -0.127. The number of amides is 2. The summed E-state index contributed by atoms with van der Waals surface area (Å²) >= 11 is 0. The predicted octanol–water partition coefficient (Wildman–Crippen LogP) is 2.34. The van der Waals surface area contributed by atoms with Crippen LogP contribution in [0.15, 0.2) is 24.3 Å². The van der Waals surface area contributed by atoms with Crippen LogP contribution in [0, 0.1) is 11.8 Å². The van der Waals surface area contributed by atoms with Crippen molar-refractivity contribution in [3.8, 4) is 0 Å². The van der Waals surface area contributed by atoms with Crippen molar-refractivity contribution in [1.82, 2.24) is 16.2 Å². The van der Waals surface area contributed by atoms with E-state index in [4.69, 9.17) is 0 Å². The minimum Gasteiger partial charge on any atom is -0.301 e. The molecule has 5 nitrogen and oxygen atoms in total. The highest BCUT2D eigenvalue weighted by atomic mass is 16.2. The molecule has 1 aromatic rings. The fourth-order valence-corrected chi connectivity index (χ4v) is 2.48. The van der Waals surface area contributed by atoms with Gasteiger partial charge in [-0.2, -0.15) is 0 Å². The second-order valence-electron chi connectivity index (χ2n) is 6.67. The Morgan fingerprint density at radius 1 is 1.00 bits per heavy atom. The molecule has 1 rings (SSSR count). The van der Waals surface area contributed by atoms with Crippen LogP contribution in [0.4, 0.5) is 0 Å². The van der Waals surface area contributed by atoms with Gasteiger partial charge >= 0.3 is 0 Å². The van der Waals surface area contributed by atoms with Crippen LogP contribution < -0.4 is 16.2 Å². The molecule has 5 heteroatoms. The second kappa shape index (κ2) is 9.30. The van der Waals surface area contributed by atoms with Crippen molar-refractivity contribution in [1.29, 1.82) is 0 Å².